The molecule has 0 aliphatic rings. The molecule has 1 N–H and O–H groups in total. The predicted molar refractivity (Wildman–Crippen MR) is 34.9 cm³/mol. The lowest BCUT2D eigenvalue weighted by atomic mass is 10.7. The van der Waals surface area contributed by atoms with Crippen molar-refractivity contribution in [3.8, 4) is 0 Å². The molecule has 3 heteroatoms. The zero-order valence-electron chi connectivity index (χ0n) is 4.57. The van der Waals surface area contributed by atoms with Crippen molar-refractivity contribution >= 4 is 12.0 Å². The van der Waals surface area contributed by atoms with Crippen LogP contribution >= 0.6 is 12.0 Å². The van der Waals surface area contributed by atoms with E-state index in [0.29, 0.717) is 0 Å². The molecule has 0 aliphatic heterocycles. The molecule has 0 atom stereocenters. The van der Waals surface area contributed by atoms with Crippen molar-refractivity contribution in [2.45, 2.75) is 0 Å². The van der Waals surface area contributed by atoms with Gasteiger partial charge in [-0.25, -0.2) is 0 Å². The molecule has 8 heavy (non-hydrogen) atoms. The quantitative estimate of drug-likeness (QED) is 0.549. The molecular formula is C5H8O2S. The number of hydrogen-bond donors (Lipinski definition) is 1. The van der Waals surface area contributed by atoms with E-state index in [1.807, 2.05) is 12.1 Å². The van der Waals surface area contributed by atoms with E-state index < -0.39 is 0 Å². The first-order chi connectivity index (χ1) is 3.91. The summed E-state index contributed by atoms with van der Waals surface area (Å²) >= 11 is 0.750. The molecule has 0 saturated carbocycles. The maximum Gasteiger partial charge on any atom is 0.0902 e. The first kappa shape index (κ1) is 7.59. The summed E-state index contributed by atoms with van der Waals surface area (Å²) in [6, 6.07) is 3.67. The highest BCUT2D eigenvalue weighted by Gasteiger charge is 1.58. The molecule has 1 aromatic heterocycles. The lowest BCUT2D eigenvalue weighted by molar-refractivity contribution is 0.567. The monoisotopic (exact) mass is 132 g/mol. The van der Waals surface area contributed by atoms with Crippen molar-refractivity contribution < 1.29 is 8.97 Å². The summed E-state index contributed by atoms with van der Waals surface area (Å²) in [6.07, 6.45) is 4.85. The molecular weight excluding hydrogens is 124 g/mol. The second kappa shape index (κ2) is 6.59. The van der Waals surface area contributed by atoms with E-state index in [4.69, 9.17) is 4.55 Å². The standard InChI is InChI=1S/C4H4O.CH4OS/c1-2-4-5-3-1;1-3-2/h1-4H;2H,1H3. The average Bonchev–Trinajstić information content (AvgIpc) is 2.17. The van der Waals surface area contributed by atoms with E-state index >= 15 is 0 Å². The van der Waals surface area contributed by atoms with E-state index in [9.17, 15) is 0 Å². The molecule has 0 amide bonds. The van der Waals surface area contributed by atoms with Crippen LogP contribution in [0, 0.1) is 0 Å². The molecule has 0 aromatic carbocycles. The second-order valence-corrected chi connectivity index (χ2v) is 1.34. The van der Waals surface area contributed by atoms with E-state index in [2.05, 4.69) is 4.42 Å². The van der Waals surface area contributed by atoms with Gasteiger partial charge in [0.15, 0.2) is 0 Å². The fourth-order valence-electron chi connectivity index (χ4n) is 0.227. The third-order valence-electron chi connectivity index (χ3n) is 0.425. The van der Waals surface area contributed by atoms with E-state index in [1.165, 1.54) is 0 Å². The molecule has 46 valence electrons. The van der Waals surface area contributed by atoms with Crippen LogP contribution in [0.1, 0.15) is 0 Å². The molecule has 1 heterocycles. The smallest absolute Gasteiger partial charge is 0.0902 e. The van der Waals surface area contributed by atoms with Crippen molar-refractivity contribution in [2.75, 3.05) is 6.26 Å². The van der Waals surface area contributed by atoms with Crippen LogP contribution in [0.3, 0.4) is 0 Å². The molecule has 1 aromatic rings. The van der Waals surface area contributed by atoms with Gasteiger partial charge in [0.25, 0.3) is 0 Å². The summed E-state index contributed by atoms with van der Waals surface area (Å²) in [6.45, 7) is 0. The minimum Gasteiger partial charge on any atom is -0.473 e. The van der Waals surface area contributed by atoms with Crippen molar-refractivity contribution in [1.29, 1.82) is 0 Å². The van der Waals surface area contributed by atoms with E-state index in [-0.39, 0.29) is 0 Å². The van der Waals surface area contributed by atoms with Crippen LogP contribution in [0.2, 0.25) is 0 Å². The topological polar surface area (TPSA) is 33.4 Å². The molecule has 2 nitrogen and oxygen atoms in total. The van der Waals surface area contributed by atoms with Crippen molar-refractivity contribution in [3.63, 3.8) is 0 Å². The summed E-state index contributed by atoms with van der Waals surface area (Å²) in [7, 11) is 0. The lowest BCUT2D eigenvalue weighted by Gasteiger charge is -1.52. The Labute approximate surface area is 52.7 Å². The van der Waals surface area contributed by atoms with Gasteiger partial charge in [-0.3, -0.25) is 0 Å². The average molecular weight is 132 g/mol. The fraction of sp³-hybridized carbons (Fsp3) is 0.200. The molecule has 0 bridgehead atoms. The summed E-state index contributed by atoms with van der Waals surface area (Å²) in [5, 5.41) is 0. The third kappa shape index (κ3) is 5.59. The number of furan rings is 1. The van der Waals surface area contributed by atoms with Crippen LogP contribution in [0.25, 0.3) is 0 Å². The Morgan fingerprint density at radius 1 is 1.38 bits per heavy atom. The SMILES string of the molecule is CSO.c1ccoc1. The summed E-state index contributed by atoms with van der Waals surface area (Å²) in [4.78, 5) is 0. The Hall–Kier alpha value is -0.410. The zero-order chi connectivity index (χ0) is 6.24. The Morgan fingerprint density at radius 2 is 1.75 bits per heavy atom. The first-order valence-corrected chi connectivity index (χ1v) is 3.24. The Kier molecular flexibility index (Phi) is 6.25. The normalized spacial score (nSPS) is 7.25. The number of rotatable bonds is 0. The van der Waals surface area contributed by atoms with Gasteiger partial charge in [0.1, 0.15) is 0 Å². The highest BCUT2D eigenvalue weighted by Crippen LogP contribution is 1.79. The van der Waals surface area contributed by atoms with Crippen molar-refractivity contribution in [1.82, 2.24) is 0 Å². The molecule has 0 aliphatic carbocycles. The van der Waals surface area contributed by atoms with Crippen LogP contribution in [0.5, 0.6) is 0 Å². The fourth-order valence-corrected chi connectivity index (χ4v) is 0.227. The number of hydrogen-bond acceptors (Lipinski definition) is 3. The van der Waals surface area contributed by atoms with Gasteiger partial charge >= 0.3 is 0 Å². The first-order valence-electron chi connectivity index (χ1n) is 2.06. The van der Waals surface area contributed by atoms with Crippen LogP contribution in [-0.4, -0.2) is 10.8 Å². The molecule has 0 spiro atoms. The maximum atomic E-state index is 7.49. The van der Waals surface area contributed by atoms with Gasteiger partial charge in [-0.1, -0.05) is 0 Å². The molecule has 0 unspecified atom stereocenters. The zero-order valence-corrected chi connectivity index (χ0v) is 5.39. The van der Waals surface area contributed by atoms with Gasteiger partial charge < -0.3 is 8.97 Å². The van der Waals surface area contributed by atoms with Gasteiger partial charge in [-0.2, -0.15) is 0 Å². The molecule has 1 rings (SSSR count). The van der Waals surface area contributed by atoms with Crippen LogP contribution in [0.4, 0.5) is 0 Å². The largest absolute Gasteiger partial charge is 0.473 e. The van der Waals surface area contributed by atoms with Crippen molar-refractivity contribution in [2.24, 2.45) is 0 Å². The minimum atomic E-state index is 0.750. The Morgan fingerprint density at radius 3 is 1.88 bits per heavy atom. The van der Waals surface area contributed by atoms with Gasteiger partial charge in [-0.15, -0.1) is 0 Å². The highest BCUT2D eigenvalue weighted by atomic mass is 32.2. The van der Waals surface area contributed by atoms with Crippen LogP contribution < -0.4 is 0 Å². The molecule has 0 fully saturated rings. The van der Waals surface area contributed by atoms with Crippen LogP contribution in [0.15, 0.2) is 29.1 Å². The lowest BCUT2D eigenvalue weighted by Crippen LogP contribution is -1.28. The highest BCUT2D eigenvalue weighted by molar-refractivity contribution is 7.93. The van der Waals surface area contributed by atoms with E-state index in [1.54, 1.807) is 18.8 Å². The summed E-state index contributed by atoms with van der Waals surface area (Å²) < 4.78 is 12.1. The molecule has 0 saturated heterocycles. The summed E-state index contributed by atoms with van der Waals surface area (Å²) in [5.41, 5.74) is 0. The maximum absolute atomic E-state index is 7.49. The van der Waals surface area contributed by atoms with Gasteiger partial charge in [0, 0.05) is 6.26 Å². The van der Waals surface area contributed by atoms with E-state index in [0.717, 1.165) is 12.0 Å². The second-order valence-electron chi connectivity index (χ2n) is 0.976. The van der Waals surface area contributed by atoms with Gasteiger partial charge in [-0.05, 0) is 24.2 Å². The molecule has 0 radical (unpaired) electrons. The summed E-state index contributed by atoms with van der Waals surface area (Å²) in [5.74, 6) is 0. The Balaban J connectivity index is 0.000000145. The van der Waals surface area contributed by atoms with Crippen molar-refractivity contribution in [3.05, 3.63) is 24.7 Å². The third-order valence-corrected chi connectivity index (χ3v) is 0.425. The minimum absolute atomic E-state index is 0.750. The Bertz CT molecular complexity index is 77.3. The van der Waals surface area contributed by atoms with Crippen LogP contribution in [-0.2, 0) is 0 Å². The van der Waals surface area contributed by atoms with Gasteiger partial charge in [0.05, 0.1) is 12.5 Å². The predicted octanol–water partition coefficient (Wildman–Crippen LogP) is 2.10. The van der Waals surface area contributed by atoms with Gasteiger partial charge in [0.2, 0.25) is 0 Å².